The van der Waals surface area contributed by atoms with Crippen molar-refractivity contribution in [3.63, 3.8) is 0 Å². The van der Waals surface area contributed by atoms with E-state index in [1.165, 1.54) is 7.11 Å². The minimum Gasteiger partial charge on any atom is -0.479 e. The van der Waals surface area contributed by atoms with Gasteiger partial charge in [0.25, 0.3) is 0 Å². The van der Waals surface area contributed by atoms with Crippen LogP contribution in [0.4, 0.5) is 0 Å². The van der Waals surface area contributed by atoms with Crippen LogP contribution in [0, 0.1) is 6.92 Å². The molecule has 4 heteroatoms. The van der Waals surface area contributed by atoms with Crippen LogP contribution >= 0.6 is 11.6 Å². The van der Waals surface area contributed by atoms with Gasteiger partial charge in [0.1, 0.15) is 0 Å². The van der Waals surface area contributed by atoms with E-state index >= 15 is 0 Å². The number of hydrogen-bond acceptors (Lipinski definition) is 2. The molecule has 0 spiro atoms. The molecule has 0 amide bonds. The van der Waals surface area contributed by atoms with Gasteiger partial charge >= 0.3 is 5.97 Å². The van der Waals surface area contributed by atoms with Gasteiger partial charge in [-0.25, -0.2) is 4.79 Å². The van der Waals surface area contributed by atoms with Crippen molar-refractivity contribution in [2.45, 2.75) is 19.4 Å². The van der Waals surface area contributed by atoms with Crippen LogP contribution in [-0.4, -0.2) is 24.3 Å². The third-order valence-electron chi connectivity index (χ3n) is 2.28. The molecule has 1 N–H and O–H groups in total. The van der Waals surface area contributed by atoms with Crippen LogP contribution in [0.2, 0.25) is 5.02 Å². The van der Waals surface area contributed by atoms with E-state index < -0.39 is 12.1 Å². The second-order valence-electron chi connectivity index (χ2n) is 3.34. The minimum absolute atomic E-state index is 0.332. The van der Waals surface area contributed by atoms with Gasteiger partial charge in [-0.2, -0.15) is 0 Å². The number of methoxy groups -OCH3 is 1. The molecule has 1 rings (SSSR count). The van der Waals surface area contributed by atoms with Crippen LogP contribution in [0.25, 0.3) is 0 Å². The topological polar surface area (TPSA) is 46.5 Å². The van der Waals surface area contributed by atoms with E-state index in [-0.39, 0.29) is 0 Å². The lowest BCUT2D eigenvalue weighted by molar-refractivity contribution is -0.148. The van der Waals surface area contributed by atoms with E-state index in [4.69, 9.17) is 21.4 Å². The molecule has 0 heterocycles. The number of benzene rings is 1. The third-order valence-corrected chi connectivity index (χ3v) is 2.51. The molecular formula is C11H13ClO3. The first-order chi connectivity index (χ1) is 7.04. The Hall–Kier alpha value is -1.06. The zero-order valence-electron chi connectivity index (χ0n) is 8.66. The lowest BCUT2D eigenvalue weighted by Crippen LogP contribution is -2.25. The first-order valence-electron chi connectivity index (χ1n) is 4.55. The lowest BCUT2D eigenvalue weighted by atomic mass is 10.0. The lowest BCUT2D eigenvalue weighted by Gasteiger charge is -2.12. The standard InChI is InChI=1S/C11H13ClO3/c1-7-3-4-9(12)5-8(7)6-10(15-2)11(13)14/h3-5,10H,6H2,1-2H3,(H,13,14). The fourth-order valence-electron chi connectivity index (χ4n) is 1.33. The van der Waals surface area contributed by atoms with E-state index in [2.05, 4.69) is 0 Å². The summed E-state index contributed by atoms with van der Waals surface area (Å²) in [5, 5.41) is 9.44. The number of halogens is 1. The number of ether oxygens (including phenoxy) is 1. The van der Waals surface area contributed by atoms with Gasteiger partial charge in [-0.05, 0) is 30.2 Å². The molecule has 0 fully saturated rings. The highest BCUT2D eigenvalue weighted by molar-refractivity contribution is 6.30. The Morgan fingerprint density at radius 1 is 1.60 bits per heavy atom. The molecule has 15 heavy (non-hydrogen) atoms. The molecule has 1 atom stereocenters. The minimum atomic E-state index is -0.961. The van der Waals surface area contributed by atoms with Gasteiger partial charge in [0.15, 0.2) is 6.10 Å². The van der Waals surface area contributed by atoms with E-state index in [0.29, 0.717) is 11.4 Å². The van der Waals surface area contributed by atoms with Gasteiger partial charge in [0, 0.05) is 18.6 Å². The average Bonchev–Trinajstić information content (AvgIpc) is 2.18. The maximum absolute atomic E-state index is 10.8. The summed E-state index contributed by atoms with van der Waals surface area (Å²) in [6.07, 6.45) is -0.486. The zero-order valence-corrected chi connectivity index (χ0v) is 9.41. The molecule has 0 radical (unpaired) electrons. The molecule has 0 aromatic heterocycles. The Labute approximate surface area is 93.6 Å². The summed E-state index contributed by atoms with van der Waals surface area (Å²) in [6.45, 7) is 1.92. The summed E-state index contributed by atoms with van der Waals surface area (Å²) < 4.78 is 4.87. The number of carboxylic acid groups (broad SMARTS) is 1. The van der Waals surface area contributed by atoms with Crippen LogP contribution in [-0.2, 0) is 16.0 Å². The largest absolute Gasteiger partial charge is 0.479 e. The maximum Gasteiger partial charge on any atom is 0.333 e. The molecule has 0 saturated carbocycles. The number of aryl methyl sites for hydroxylation is 1. The van der Waals surface area contributed by atoms with Crippen molar-refractivity contribution in [1.82, 2.24) is 0 Å². The molecule has 1 aromatic carbocycles. The highest BCUT2D eigenvalue weighted by Crippen LogP contribution is 2.17. The van der Waals surface area contributed by atoms with Crippen molar-refractivity contribution < 1.29 is 14.6 Å². The van der Waals surface area contributed by atoms with Crippen LogP contribution in [0.5, 0.6) is 0 Å². The second-order valence-corrected chi connectivity index (χ2v) is 3.77. The van der Waals surface area contributed by atoms with Gasteiger partial charge in [0.2, 0.25) is 0 Å². The zero-order chi connectivity index (χ0) is 11.4. The van der Waals surface area contributed by atoms with E-state index in [0.717, 1.165) is 11.1 Å². The molecule has 0 saturated heterocycles. The first-order valence-corrected chi connectivity index (χ1v) is 4.93. The monoisotopic (exact) mass is 228 g/mol. The quantitative estimate of drug-likeness (QED) is 0.860. The van der Waals surface area contributed by atoms with Crippen LogP contribution in [0.3, 0.4) is 0 Å². The smallest absolute Gasteiger partial charge is 0.333 e. The molecule has 82 valence electrons. The second kappa shape index (κ2) is 5.14. The highest BCUT2D eigenvalue weighted by atomic mass is 35.5. The predicted octanol–water partition coefficient (Wildman–Crippen LogP) is 2.29. The van der Waals surface area contributed by atoms with Crippen molar-refractivity contribution in [3.05, 3.63) is 34.3 Å². The summed E-state index contributed by atoms with van der Waals surface area (Å²) in [4.78, 5) is 10.8. The summed E-state index contributed by atoms with van der Waals surface area (Å²) >= 11 is 5.83. The predicted molar refractivity (Wildman–Crippen MR) is 58.3 cm³/mol. The Bertz CT molecular complexity index is 363. The Morgan fingerprint density at radius 2 is 2.27 bits per heavy atom. The first kappa shape index (κ1) is 12.0. The van der Waals surface area contributed by atoms with Crippen LogP contribution < -0.4 is 0 Å². The van der Waals surface area contributed by atoms with Crippen molar-refractivity contribution in [2.75, 3.05) is 7.11 Å². The van der Waals surface area contributed by atoms with Gasteiger partial charge in [-0.3, -0.25) is 0 Å². The molecule has 3 nitrogen and oxygen atoms in total. The average molecular weight is 229 g/mol. The van der Waals surface area contributed by atoms with E-state index in [1.807, 2.05) is 13.0 Å². The molecule has 0 bridgehead atoms. The van der Waals surface area contributed by atoms with Crippen LogP contribution in [0.15, 0.2) is 18.2 Å². The molecule has 0 aliphatic rings. The fraction of sp³-hybridized carbons (Fsp3) is 0.364. The van der Waals surface area contributed by atoms with Crippen molar-refractivity contribution in [2.24, 2.45) is 0 Å². The van der Waals surface area contributed by atoms with Crippen molar-refractivity contribution in [1.29, 1.82) is 0 Å². The number of carboxylic acids is 1. The van der Waals surface area contributed by atoms with Gasteiger partial charge in [-0.1, -0.05) is 17.7 Å². The van der Waals surface area contributed by atoms with E-state index in [1.54, 1.807) is 12.1 Å². The highest BCUT2D eigenvalue weighted by Gasteiger charge is 2.17. The molecule has 0 aliphatic carbocycles. The van der Waals surface area contributed by atoms with Crippen molar-refractivity contribution in [3.8, 4) is 0 Å². The number of rotatable bonds is 4. The van der Waals surface area contributed by atoms with Gasteiger partial charge < -0.3 is 9.84 Å². The SMILES string of the molecule is COC(Cc1cc(Cl)ccc1C)C(=O)O. The summed E-state index contributed by atoms with van der Waals surface area (Å²) in [7, 11) is 1.39. The maximum atomic E-state index is 10.8. The number of carbonyl (C=O) groups is 1. The fourth-order valence-corrected chi connectivity index (χ4v) is 1.53. The van der Waals surface area contributed by atoms with Crippen molar-refractivity contribution >= 4 is 17.6 Å². The Kier molecular flexibility index (Phi) is 4.12. The molecule has 1 aromatic rings. The Balaban J connectivity index is 2.87. The molecular weight excluding hydrogens is 216 g/mol. The Morgan fingerprint density at radius 3 is 2.80 bits per heavy atom. The molecule has 0 aliphatic heterocycles. The normalized spacial score (nSPS) is 12.5. The molecule has 1 unspecified atom stereocenters. The summed E-state index contributed by atoms with van der Waals surface area (Å²) in [5.41, 5.74) is 1.92. The summed E-state index contributed by atoms with van der Waals surface area (Å²) in [6, 6.07) is 5.42. The van der Waals surface area contributed by atoms with E-state index in [9.17, 15) is 4.79 Å². The number of hydrogen-bond donors (Lipinski definition) is 1. The van der Waals surface area contributed by atoms with Gasteiger partial charge in [0.05, 0.1) is 0 Å². The third kappa shape index (κ3) is 3.22. The summed E-state index contributed by atoms with van der Waals surface area (Å²) in [5.74, 6) is -0.961. The number of aliphatic carboxylic acids is 1. The van der Waals surface area contributed by atoms with Gasteiger partial charge in [-0.15, -0.1) is 0 Å². The van der Waals surface area contributed by atoms with Crippen LogP contribution in [0.1, 0.15) is 11.1 Å².